The summed E-state index contributed by atoms with van der Waals surface area (Å²) in [5.74, 6) is -0.345. The molecule has 0 aliphatic heterocycles. The Morgan fingerprint density at radius 2 is 2.25 bits per heavy atom. The van der Waals surface area contributed by atoms with Crippen LogP contribution < -0.4 is 10.6 Å². The van der Waals surface area contributed by atoms with Crippen molar-refractivity contribution in [2.24, 2.45) is 0 Å². The number of benzene rings is 1. The molecule has 4 nitrogen and oxygen atoms in total. The Morgan fingerprint density at radius 3 is 2.85 bits per heavy atom. The first-order valence-electron chi connectivity index (χ1n) is 6.49. The molecule has 0 spiro atoms. The van der Waals surface area contributed by atoms with Crippen LogP contribution in [-0.2, 0) is 4.79 Å². The Kier molecular flexibility index (Phi) is 6.82. The molecule has 0 bridgehead atoms. The van der Waals surface area contributed by atoms with E-state index in [2.05, 4.69) is 26.6 Å². The van der Waals surface area contributed by atoms with Gasteiger partial charge in [-0.3, -0.25) is 4.79 Å². The molecular weight excluding hydrogens is 318 g/mol. The molecule has 0 atom stereocenters. The maximum atomic E-state index is 11.7. The summed E-state index contributed by atoms with van der Waals surface area (Å²) >= 11 is 3.42. The van der Waals surface area contributed by atoms with Crippen molar-refractivity contribution < 1.29 is 4.79 Å². The summed E-state index contributed by atoms with van der Waals surface area (Å²) in [7, 11) is 0. The van der Waals surface area contributed by atoms with Crippen LogP contribution in [0.3, 0.4) is 0 Å². The quantitative estimate of drug-likeness (QED) is 0.475. The molecule has 0 radical (unpaired) electrons. The Balaban J connectivity index is 2.67. The highest BCUT2D eigenvalue weighted by molar-refractivity contribution is 9.10. The summed E-state index contributed by atoms with van der Waals surface area (Å²) in [6, 6.07) is 7.63. The first kappa shape index (κ1) is 16.3. The van der Waals surface area contributed by atoms with Gasteiger partial charge in [0.05, 0.1) is 0 Å². The lowest BCUT2D eigenvalue weighted by atomic mass is 10.2. The van der Waals surface area contributed by atoms with E-state index in [9.17, 15) is 4.79 Å². The first-order valence-corrected chi connectivity index (χ1v) is 7.29. The van der Waals surface area contributed by atoms with Crippen molar-refractivity contribution in [1.29, 1.82) is 5.26 Å². The van der Waals surface area contributed by atoms with Gasteiger partial charge in [0.2, 0.25) is 0 Å². The van der Waals surface area contributed by atoms with Gasteiger partial charge in [-0.15, -0.1) is 0 Å². The topological polar surface area (TPSA) is 64.9 Å². The standard InChI is InChI=1S/C15H18BrN3O/c1-3-4-7-18-15(20)12(9-17)10-19-13-5-6-14(16)11(2)8-13/h5-6,8,10,19H,3-4,7H2,1-2H3,(H,18,20)/b12-10-. The smallest absolute Gasteiger partial charge is 0.263 e. The fraction of sp³-hybridized carbons (Fsp3) is 0.333. The van der Waals surface area contributed by atoms with E-state index in [4.69, 9.17) is 5.26 Å². The number of halogens is 1. The summed E-state index contributed by atoms with van der Waals surface area (Å²) in [6.45, 7) is 4.61. The van der Waals surface area contributed by atoms with E-state index < -0.39 is 0 Å². The molecular formula is C15H18BrN3O. The van der Waals surface area contributed by atoms with Gasteiger partial charge in [-0.2, -0.15) is 5.26 Å². The lowest BCUT2D eigenvalue weighted by molar-refractivity contribution is -0.117. The van der Waals surface area contributed by atoms with Crippen molar-refractivity contribution in [3.05, 3.63) is 40.0 Å². The third-order valence-corrected chi connectivity index (χ3v) is 3.61. The van der Waals surface area contributed by atoms with Gasteiger partial charge in [0, 0.05) is 22.9 Å². The van der Waals surface area contributed by atoms with E-state index in [0.29, 0.717) is 6.54 Å². The molecule has 106 valence electrons. The lowest BCUT2D eigenvalue weighted by Gasteiger charge is -2.06. The zero-order chi connectivity index (χ0) is 15.0. The average Bonchev–Trinajstić information content (AvgIpc) is 2.43. The number of amides is 1. The highest BCUT2D eigenvalue weighted by atomic mass is 79.9. The monoisotopic (exact) mass is 335 g/mol. The number of nitrogens with zero attached hydrogens (tertiary/aromatic N) is 1. The normalized spacial score (nSPS) is 10.8. The molecule has 1 aromatic carbocycles. The molecule has 5 heteroatoms. The van der Waals surface area contributed by atoms with Gasteiger partial charge < -0.3 is 10.6 Å². The predicted molar refractivity (Wildman–Crippen MR) is 84.1 cm³/mol. The fourth-order valence-corrected chi connectivity index (χ4v) is 1.76. The number of nitriles is 1. The molecule has 1 rings (SSSR count). The molecule has 2 N–H and O–H groups in total. The second-order valence-corrected chi connectivity index (χ2v) is 5.24. The van der Waals surface area contributed by atoms with Crippen molar-refractivity contribution in [3.8, 4) is 6.07 Å². The van der Waals surface area contributed by atoms with Crippen molar-refractivity contribution in [1.82, 2.24) is 5.32 Å². The summed E-state index contributed by atoms with van der Waals surface area (Å²) in [5.41, 5.74) is 1.98. The van der Waals surface area contributed by atoms with E-state index in [-0.39, 0.29) is 11.5 Å². The van der Waals surface area contributed by atoms with Crippen LogP contribution in [-0.4, -0.2) is 12.5 Å². The van der Waals surface area contributed by atoms with Crippen LogP contribution in [0, 0.1) is 18.3 Å². The number of hydrogen-bond acceptors (Lipinski definition) is 3. The molecule has 1 amide bonds. The minimum absolute atomic E-state index is 0.0710. The number of rotatable bonds is 6. The van der Waals surface area contributed by atoms with Gasteiger partial charge in [0.25, 0.3) is 5.91 Å². The summed E-state index contributed by atoms with van der Waals surface area (Å²) < 4.78 is 1.02. The predicted octanol–water partition coefficient (Wildman–Crippen LogP) is 3.49. The van der Waals surface area contributed by atoms with Crippen LogP contribution in [0.4, 0.5) is 5.69 Å². The highest BCUT2D eigenvalue weighted by Gasteiger charge is 2.07. The lowest BCUT2D eigenvalue weighted by Crippen LogP contribution is -2.25. The van der Waals surface area contributed by atoms with Crippen LogP contribution in [0.1, 0.15) is 25.3 Å². The number of hydrogen-bond donors (Lipinski definition) is 2. The van der Waals surface area contributed by atoms with Crippen molar-refractivity contribution >= 4 is 27.5 Å². The molecule has 0 fully saturated rings. The summed E-state index contributed by atoms with van der Waals surface area (Å²) in [6.07, 6.45) is 3.34. The van der Waals surface area contributed by atoms with Crippen molar-refractivity contribution in [2.75, 3.05) is 11.9 Å². The molecule has 20 heavy (non-hydrogen) atoms. The van der Waals surface area contributed by atoms with Crippen LogP contribution in [0.25, 0.3) is 0 Å². The van der Waals surface area contributed by atoms with E-state index in [1.807, 2.05) is 38.1 Å². The number of carbonyl (C=O) groups is 1. The zero-order valence-electron chi connectivity index (χ0n) is 11.7. The number of anilines is 1. The number of carbonyl (C=O) groups excluding carboxylic acids is 1. The molecule has 0 heterocycles. The van der Waals surface area contributed by atoms with Crippen LogP contribution >= 0.6 is 15.9 Å². The van der Waals surface area contributed by atoms with Crippen molar-refractivity contribution in [3.63, 3.8) is 0 Å². The van der Waals surface area contributed by atoms with Gasteiger partial charge in [-0.05, 0) is 37.1 Å². The Morgan fingerprint density at radius 1 is 1.50 bits per heavy atom. The number of aryl methyl sites for hydroxylation is 1. The maximum Gasteiger partial charge on any atom is 0.263 e. The number of unbranched alkanes of at least 4 members (excludes halogenated alkanes) is 1. The van der Waals surface area contributed by atoms with Crippen LogP contribution in [0.15, 0.2) is 34.4 Å². The number of nitrogens with one attached hydrogen (secondary N) is 2. The maximum absolute atomic E-state index is 11.7. The molecule has 0 aliphatic carbocycles. The fourth-order valence-electron chi connectivity index (χ4n) is 1.51. The highest BCUT2D eigenvalue weighted by Crippen LogP contribution is 2.20. The molecule has 0 unspecified atom stereocenters. The minimum Gasteiger partial charge on any atom is -0.360 e. The Labute approximate surface area is 128 Å². The average molecular weight is 336 g/mol. The van der Waals surface area contributed by atoms with Gasteiger partial charge in [0.1, 0.15) is 11.6 Å². The zero-order valence-corrected chi connectivity index (χ0v) is 13.3. The summed E-state index contributed by atoms with van der Waals surface area (Å²) in [4.78, 5) is 11.7. The van der Waals surface area contributed by atoms with Gasteiger partial charge in [-0.25, -0.2) is 0 Å². The van der Waals surface area contributed by atoms with Gasteiger partial charge >= 0.3 is 0 Å². The van der Waals surface area contributed by atoms with E-state index >= 15 is 0 Å². The molecule has 0 saturated heterocycles. The second kappa shape index (κ2) is 8.39. The van der Waals surface area contributed by atoms with Gasteiger partial charge in [-0.1, -0.05) is 29.3 Å². The second-order valence-electron chi connectivity index (χ2n) is 4.39. The van der Waals surface area contributed by atoms with Crippen molar-refractivity contribution in [2.45, 2.75) is 26.7 Å². The summed E-state index contributed by atoms with van der Waals surface area (Å²) in [5, 5.41) is 14.7. The van der Waals surface area contributed by atoms with Crippen LogP contribution in [0.2, 0.25) is 0 Å². The molecule has 0 aliphatic rings. The van der Waals surface area contributed by atoms with Crippen LogP contribution in [0.5, 0.6) is 0 Å². The third kappa shape index (κ3) is 5.06. The minimum atomic E-state index is -0.345. The molecule has 0 saturated carbocycles. The Hall–Kier alpha value is -1.80. The van der Waals surface area contributed by atoms with E-state index in [0.717, 1.165) is 28.6 Å². The van der Waals surface area contributed by atoms with Gasteiger partial charge in [0.15, 0.2) is 0 Å². The Bertz CT molecular complexity index is 547. The third-order valence-electron chi connectivity index (χ3n) is 2.72. The largest absolute Gasteiger partial charge is 0.360 e. The van der Waals surface area contributed by atoms with E-state index in [1.54, 1.807) is 0 Å². The first-order chi connectivity index (χ1) is 9.58. The SMILES string of the molecule is CCCCNC(=O)/C(C#N)=C\Nc1ccc(Br)c(C)c1. The van der Waals surface area contributed by atoms with E-state index in [1.165, 1.54) is 6.20 Å². The molecule has 1 aromatic rings. The molecule has 0 aromatic heterocycles.